The van der Waals surface area contributed by atoms with Gasteiger partial charge in [0.25, 0.3) is 5.88 Å². The summed E-state index contributed by atoms with van der Waals surface area (Å²) in [4.78, 5) is 35.2. The molecule has 0 saturated heterocycles. The van der Waals surface area contributed by atoms with Gasteiger partial charge in [-0.1, -0.05) is 74.1 Å². The Hall–Kier alpha value is -5.01. The molecule has 3 aliphatic carbocycles. The summed E-state index contributed by atoms with van der Waals surface area (Å²) in [6.07, 6.45) is 11.4. The van der Waals surface area contributed by atoms with Crippen LogP contribution in [0.1, 0.15) is 86.6 Å². The van der Waals surface area contributed by atoms with E-state index >= 15 is 0 Å². The first-order chi connectivity index (χ1) is 37.3. The van der Waals surface area contributed by atoms with Gasteiger partial charge in [-0.2, -0.15) is 23.1 Å². The first kappa shape index (κ1) is 68.5. The number of rotatable bonds is 20. The smallest absolute Gasteiger partial charge is 1.00 e. The summed E-state index contributed by atoms with van der Waals surface area (Å²) in [5.74, 6) is 3.81. The van der Waals surface area contributed by atoms with E-state index in [1.807, 2.05) is 61.9 Å². The fourth-order valence-electron chi connectivity index (χ4n) is 8.43. The van der Waals surface area contributed by atoms with Crippen LogP contribution in [0, 0.1) is 17.5 Å². The summed E-state index contributed by atoms with van der Waals surface area (Å²) in [6, 6.07) is 15.2. The molecule has 10 rings (SSSR count). The number of anilines is 1. The Morgan fingerprint density at radius 3 is 2.05 bits per heavy atom. The zero-order valence-electron chi connectivity index (χ0n) is 47.3. The van der Waals surface area contributed by atoms with Crippen molar-refractivity contribution in [3.8, 4) is 57.6 Å². The second-order valence-electron chi connectivity index (χ2n) is 18.1. The molecule has 7 aromatic rings. The van der Waals surface area contributed by atoms with Crippen LogP contribution in [0.3, 0.4) is 0 Å². The maximum atomic E-state index is 13.1. The third-order valence-electron chi connectivity index (χ3n) is 12.8. The van der Waals surface area contributed by atoms with Gasteiger partial charge in [-0.15, -0.1) is 18.9 Å². The summed E-state index contributed by atoms with van der Waals surface area (Å²) in [6.45, 7) is 5.39. The van der Waals surface area contributed by atoms with Crippen molar-refractivity contribution in [2.45, 2.75) is 76.7 Å². The molecule has 3 saturated carbocycles. The number of hydrogen-bond acceptors (Lipinski definition) is 16. The van der Waals surface area contributed by atoms with E-state index in [0.29, 0.717) is 83.1 Å². The predicted octanol–water partition coefficient (Wildman–Crippen LogP) is -1.58. The van der Waals surface area contributed by atoms with Crippen LogP contribution in [-0.4, -0.2) is 104 Å². The van der Waals surface area contributed by atoms with Gasteiger partial charge in [-0.25, -0.2) is 24.9 Å². The molecule has 0 amide bonds. The summed E-state index contributed by atoms with van der Waals surface area (Å²) in [7, 11) is 11.4. The molecule has 5 heterocycles. The Morgan fingerprint density at radius 2 is 1.49 bits per heavy atom. The van der Waals surface area contributed by atoms with Gasteiger partial charge in [0.05, 0.1) is 51.6 Å². The summed E-state index contributed by atoms with van der Waals surface area (Å²) >= 11 is 0. The van der Waals surface area contributed by atoms with Crippen molar-refractivity contribution in [2.24, 2.45) is 20.0 Å². The zero-order chi connectivity index (χ0) is 54.9. The maximum absolute atomic E-state index is 13.1. The van der Waals surface area contributed by atoms with E-state index in [1.165, 1.54) is 32.2 Å². The van der Waals surface area contributed by atoms with Gasteiger partial charge < -0.3 is 62.6 Å². The number of allylic oxidation sites excluding steroid dienone is 1. The topological polar surface area (TPSA) is 218 Å². The summed E-state index contributed by atoms with van der Waals surface area (Å²) in [5, 5.41) is 16.1. The molecule has 0 spiro atoms. The Kier molecular flexibility index (Phi) is 26.3. The summed E-state index contributed by atoms with van der Waals surface area (Å²) < 4.78 is 76.7. The van der Waals surface area contributed by atoms with Crippen molar-refractivity contribution < 1.29 is 154 Å². The molecule has 2 aromatic carbocycles. The van der Waals surface area contributed by atoms with Crippen LogP contribution in [-0.2, 0) is 42.0 Å². The fraction of sp³-hybridized carbons (Fsp3) is 0.400. The minimum absolute atomic E-state index is 0. The number of imidazole rings is 2. The van der Waals surface area contributed by atoms with Gasteiger partial charge in [0, 0.05) is 38.4 Å². The van der Waals surface area contributed by atoms with Gasteiger partial charge in [0.1, 0.15) is 35.6 Å². The third kappa shape index (κ3) is 16.6. The predicted molar refractivity (Wildman–Crippen MR) is 283 cm³/mol. The number of aryl methyl sites for hydroxylation is 2. The van der Waals surface area contributed by atoms with Crippen molar-refractivity contribution in [1.82, 2.24) is 49.0 Å². The van der Waals surface area contributed by atoms with Crippen molar-refractivity contribution >= 4 is 17.2 Å². The molecular formula is C55H62F5K2N13O6-2. The van der Waals surface area contributed by atoms with Crippen molar-refractivity contribution in [1.29, 1.82) is 5.41 Å². The maximum Gasteiger partial charge on any atom is 1.00 e. The number of methoxy groups -OCH3 is 4. The Morgan fingerprint density at radius 1 is 0.815 bits per heavy atom. The van der Waals surface area contributed by atoms with Crippen LogP contribution in [0.15, 0.2) is 85.3 Å². The van der Waals surface area contributed by atoms with E-state index in [0.717, 1.165) is 78.6 Å². The number of halogens is 5. The second kappa shape index (κ2) is 31.0. The minimum Gasteiger partial charge on any atom is -1.00 e. The molecular weight excluding hydrogens is 1110 g/mol. The van der Waals surface area contributed by atoms with Crippen LogP contribution >= 0.6 is 0 Å². The molecule has 81 heavy (non-hydrogen) atoms. The number of benzene rings is 2. The Labute approximate surface area is 552 Å². The van der Waals surface area contributed by atoms with Gasteiger partial charge in [0.15, 0.2) is 23.1 Å². The van der Waals surface area contributed by atoms with E-state index in [1.54, 1.807) is 52.0 Å². The van der Waals surface area contributed by atoms with Crippen molar-refractivity contribution in [2.75, 3.05) is 54.0 Å². The average molecular weight is 1170 g/mol. The van der Waals surface area contributed by atoms with E-state index < -0.39 is 17.5 Å². The summed E-state index contributed by atoms with van der Waals surface area (Å²) in [5.41, 5.74) is 5.24. The standard InChI is InChI=1S/C27H25F3N6O3.C26H31N7O3.C2H6.2FH.2K/c1-36-13-19(27(28,29)30)34-23(36)16-6-8-17(9-7-16)26(10-11-26)39-24-18(37-2)12-31-22(35-24)20-21(15-4-5-15)32-14-33-25(20)38-3;1-28-22(18-9-10-18)21(23(27)35-4)24-31-15-20(29-12-14-34-3)26(32-24)36-16-17-5-7-19(8-6-17)25-30-11-13-33(25)2;1-2;;;;/h6-9,12-15H,4-5,10-11H2,1-3H3;5-8,13,15,18,27,29H,9-10,12,14,16H2,1-4H3;1-2H3;2*1H;;/q;-2;;;;2*+1/p-2/b;22-21+,27-23?;;;;;. The molecule has 0 radical (unpaired) electrons. The van der Waals surface area contributed by atoms with Gasteiger partial charge >= 0.3 is 109 Å². The van der Waals surface area contributed by atoms with Gasteiger partial charge in [-0.3, -0.25) is 5.41 Å². The van der Waals surface area contributed by atoms with Crippen molar-refractivity contribution in [3.05, 3.63) is 125 Å². The number of alkyl halides is 3. The normalized spacial score (nSPS) is 13.9. The Balaban J connectivity index is 0.000000324. The molecule has 3 fully saturated rings. The number of aromatic nitrogens is 10. The van der Waals surface area contributed by atoms with Crippen LogP contribution in [0.25, 0.3) is 45.1 Å². The molecule has 422 valence electrons. The molecule has 3 aliphatic rings. The molecule has 0 unspecified atom stereocenters. The number of ether oxygens (including phenoxy) is 6. The van der Waals surface area contributed by atoms with Gasteiger partial charge in [0.2, 0.25) is 17.7 Å². The largest absolute Gasteiger partial charge is 1.00 e. The number of nitrogens with one attached hydrogen (secondary N) is 2. The minimum atomic E-state index is -4.51. The average Bonchev–Trinajstić information content (AvgIpc) is 4.41. The number of hydrogen-bond donors (Lipinski definition) is 2. The second-order valence-corrected chi connectivity index (χ2v) is 18.1. The van der Waals surface area contributed by atoms with Crippen LogP contribution in [0.4, 0.5) is 18.9 Å². The van der Waals surface area contributed by atoms with E-state index in [2.05, 4.69) is 46.7 Å². The first-order valence-corrected chi connectivity index (χ1v) is 25.2. The fourth-order valence-corrected chi connectivity index (χ4v) is 8.43. The van der Waals surface area contributed by atoms with E-state index in [-0.39, 0.29) is 130 Å². The molecule has 26 heteroatoms. The Bertz CT molecular complexity index is 3190. The van der Waals surface area contributed by atoms with Crippen molar-refractivity contribution in [3.63, 3.8) is 0 Å². The van der Waals surface area contributed by atoms with Crippen LogP contribution < -0.4 is 136 Å². The molecule has 0 atom stereocenters. The molecule has 19 nitrogen and oxygen atoms in total. The SMILES string of the molecule is CC.COc1cnc(-c2c(OC)ncnc2C2CC2)nc1OC1(c2ccc(-c3nc(C(F)(F)F)cn3C)cc2)CC1.C[N-]/C(=C(\C(=N)OC)c1ncc(NCCOC)c(OCc2ccc(-c3n[c-]cn3C)cc2)n1)C1CC1.[F-].[F-].[K+].[K+]. The zero-order valence-corrected chi connectivity index (χ0v) is 53.5. The first-order valence-electron chi connectivity index (χ1n) is 25.2. The van der Waals surface area contributed by atoms with E-state index in [9.17, 15) is 13.2 Å². The third-order valence-corrected chi connectivity index (χ3v) is 12.8. The van der Waals surface area contributed by atoms with Gasteiger partial charge in [-0.05, 0) is 68.4 Å². The molecule has 2 N–H and O–H groups in total. The molecule has 5 aromatic heterocycles. The molecule has 0 aliphatic heterocycles. The quantitative estimate of drug-likeness (QED) is 0.0220. The van der Waals surface area contributed by atoms with Crippen LogP contribution in [0.2, 0.25) is 0 Å². The molecule has 0 bridgehead atoms. The monoisotopic (exact) mass is 1170 g/mol. The number of nitrogens with zero attached hydrogens (tertiary/aromatic N) is 11. The van der Waals surface area contributed by atoms with Crippen LogP contribution in [0.5, 0.6) is 23.4 Å². The van der Waals surface area contributed by atoms with E-state index in [4.69, 9.17) is 43.8 Å².